The molecule has 0 saturated carbocycles. The maximum absolute atomic E-state index is 12.8. The minimum atomic E-state index is -3.31. The van der Waals surface area contributed by atoms with E-state index in [1.165, 1.54) is 0 Å². The van der Waals surface area contributed by atoms with Crippen molar-refractivity contribution in [3.05, 3.63) is 66.2 Å². The van der Waals surface area contributed by atoms with Gasteiger partial charge in [0.05, 0.1) is 11.3 Å². The molecule has 29 heavy (non-hydrogen) atoms. The second-order valence-corrected chi connectivity index (χ2v) is 9.37. The summed E-state index contributed by atoms with van der Waals surface area (Å²) in [5, 5.41) is 4.05. The third-order valence-corrected chi connectivity index (χ3v) is 7.04. The van der Waals surface area contributed by atoms with Crippen molar-refractivity contribution >= 4 is 10.0 Å². The van der Waals surface area contributed by atoms with Crippen molar-refractivity contribution in [2.24, 2.45) is 5.92 Å². The highest BCUT2D eigenvalue weighted by atomic mass is 32.2. The van der Waals surface area contributed by atoms with Crippen molar-refractivity contribution in [2.45, 2.75) is 31.4 Å². The molecule has 8 heteroatoms. The number of nitrogens with zero attached hydrogens (tertiary/aromatic N) is 4. The minimum Gasteiger partial charge on any atom is -0.334 e. The van der Waals surface area contributed by atoms with Gasteiger partial charge in [0.1, 0.15) is 0 Å². The van der Waals surface area contributed by atoms with E-state index in [0.29, 0.717) is 37.1 Å². The molecule has 0 bridgehead atoms. The Labute approximate surface area is 170 Å². The predicted octanol–water partition coefficient (Wildman–Crippen LogP) is 3.31. The van der Waals surface area contributed by atoms with Crippen LogP contribution in [0.3, 0.4) is 0 Å². The number of rotatable bonds is 7. The van der Waals surface area contributed by atoms with E-state index in [1.807, 2.05) is 42.5 Å². The number of pyridine rings is 1. The first-order chi connectivity index (χ1) is 14.1. The number of hydrogen-bond acceptors (Lipinski definition) is 6. The lowest BCUT2D eigenvalue weighted by Gasteiger charge is -2.31. The van der Waals surface area contributed by atoms with Gasteiger partial charge in [-0.3, -0.25) is 4.98 Å². The van der Waals surface area contributed by atoms with E-state index in [-0.39, 0.29) is 5.75 Å². The summed E-state index contributed by atoms with van der Waals surface area (Å²) in [6.45, 7) is 1.15. The highest BCUT2D eigenvalue weighted by molar-refractivity contribution is 7.88. The number of aryl methyl sites for hydroxylation is 1. The van der Waals surface area contributed by atoms with Gasteiger partial charge in [-0.1, -0.05) is 35.5 Å². The van der Waals surface area contributed by atoms with Crippen molar-refractivity contribution < 1.29 is 12.9 Å². The zero-order chi connectivity index (χ0) is 20.1. The first-order valence-electron chi connectivity index (χ1n) is 9.85. The highest BCUT2D eigenvalue weighted by Gasteiger charge is 2.29. The second-order valence-electron chi connectivity index (χ2n) is 7.40. The van der Waals surface area contributed by atoms with E-state index >= 15 is 0 Å². The third kappa shape index (κ3) is 5.07. The Morgan fingerprint density at radius 3 is 2.79 bits per heavy atom. The summed E-state index contributed by atoms with van der Waals surface area (Å²) < 4.78 is 32.6. The summed E-state index contributed by atoms with van der Waals surface area (Å²) in [6.07, 6.45) is 6.79. The molecule has 3 heterocycles. The van der Waals surface area contributed by atoms with Gasteiger partial charge in [0.15, 0.2) is 5.82 Å². The van der Waals surface area contributed by atoms with Gasteiger partial charge in [-0.15, -0.1) is 0 Å². The molecular weight excluding hydrogens is 388 g/mol. The SMILES string of the molecule is O=S(=O)(Cc1ccccc1)N1CCCC(CCc2noc(-c3cccnc3)n2)C1. The fourth-order valence-electron chi connectivity index (χ4n) is 3.69. The first kappa shape index (κ1) is 19.7. The molecule has 4 rings (SSSR count). The van der Waals surface area contributed by atoms with Crippen LogP contribution in [0.15, 0.2) is 59.4 Å². The summed E-state index contributed by atoms with van der Waals surface area (Å²) >= 11 is 0. The van der Waals surface area contributed by atoms with Gasteiger partial charge in [0.2, 0.25) is 10.0 Å². The standard InChI is InChI=1S/C21H24N4O3S/c26-29(27,16-18-6-2-1-3-7-18)25-13-5-8-17(15-25)10-11-20-23-21(28-24-20)19-9-4-12-22-14-19/h1-4,6-7,9,12,14,17H,5,8,10-11,13,15-16H2. The van der Waals surface area contributed by atoms with Crippen LogP contribution in [0, 0.1) is 5.92 Å². The Bertz CT molecular complexity index is 1020. The van der Waals surface area contributed by atoms with Gasteiger partial charge >= 0.3 is 0 Å². The van der Waals surface area contributed by atoms with Crippen LogP contribution in [0.5, 0.6) is 0 Å². The molecule has 0 amide bonds. The Balaban J connectivity index is 1.34. The van der Waals surface area contributed by atoms with Crippen molar-refractivity contribution in [1.82, 2.24) is 19.4 Å². The number of benzene rings is 1. The fraction of sp³-hybridized carbons (Fsp3) is 0.381. The van der Waals surface area contributed by atoms with Gasteiger partial charge in [0, 0.05) is 31.9 Å². The van der Waals surface area contributed by atoms with Crippen LogP contribution in [0.4, 0.5) is 0 Å². The first-order valence-corrected chi connectivity index (χ1v) is 11.5. The number of sulfonamides is 1. The molecular formula is C21H24N4O3S. The molecule has 1 aromatic carbocycles. The minimum absolute atomic E-state index is 0.0554. The topological polar surface area (TPSA) is 89.2 Å². The average molecular weight is 413 g/mol. The van der Waals surface area contributed by atoms with Gasteiger partial charge in [0.25, 0.3) is 5.89 Å². The van der Waals surface area contributed by atoms with E-state index < -0.39 is 10.0 Å². The number of aromatic nitrogens is 3. The van der Waals surface area contributed by atoms with Crippen LogP contribution in [0.1, 0.15) is 30.7 Å². The van der Waals surface area contributed by atoms with Gasteiger partial charge in [-0.25, -0.2) is 12.7 Å². The number of piperidine rings is 1. The molecule has 1 fully saturated rings. The summed E-state index contributed by atoms with van der Waals surface area (Å²) in [5.41, 5.74) is 1.62. The predicted molar refractivity (Wildman–Crippen MR) is 109 cm³/mol. The molecule has 0 radical (unpaired) electrons. The molecule has 1 aliphatic rings. The van der Waals surface area contributed by atoms with Crippen molar-refractivity contribution in [3.8, 4) is 11.5 Å². The molecule has 1 saturated heterocycles. The van der Waals surface area contributed by atoms with Crippen LogP contribution >= 0.6 is 0 Å². The zero-order valence-electron chi connectivity index (χ0n) is 16.1. The molecule has 152 valence electrons. The van der Waals surface area contributed by atoms with Crippen molar-refractivity contribution in [1.29, 1.82) is 0 Å². The largest absolute Gasteiger partial charge is 0.334 e. The average Bonchev–Trinajstić information content (AvgIpc) is 3.23. The lowest BCUT2D eigenvalue weighted by atomic mass is 9.94. The third-order valence-electron chi connectivity index (χ3n) is 5.22. The summed E-state index contributed by atoms with van der Waals surface area (Å²) in [5.74, 6) is 1.46. The Morgan fingerprint density at radius 2 is 2.00 bits per heavy atom. The van der Waals surface area contributed by atoms with Gasteiger partial charge in [-0.2, -0.15) is 4.98 Å². The van der Waals surface area contributed by atoms with E-state index in [1.54, 1.807) is 16.7 Å². The monoisotopic (exact) mass is 412 g/mol. The van der Waals surface area contributed by atoms with E-state index in [9.17, 15) is 8.42 Å². The molecule has 1 aliphatic heterocycles. The summed E-state index contributed by atoms with van der Waals surface area (Å²) in [4.78, 5) is 8.50. The Hall–Kier alpha value is -2.58. The molecule has 0 N–H and O–H groups in total. The Morgan fingerprint density at radius 1 is 1.14 bits per heavy atom. The van der Waals surface area contributed by atoms with E-state index in [0.717, 1.165) is 30.4 Å². The molecule has 0 spiro atoms. The molecule has 3 aromatic rings. The maximum Gasteiger partial charge on any atom is 0.259 e. The van der Waals surface area contributed by atoms with Crippen LogP contribution in [0.25, 0.3) is 11.5 Å². The molecule has 1 atom stereocenters. The van der Waals surface area contributed by atoms with Crippen LogP contribution in [0.2, 0.25) is 0 Å². The molecule has 1 unspecified atom stereocenters. The lowest BCUT2D eigenvalue weighted by molar-refractivity contribution is 0.254. The number of hydrogen-bond donors (Lipinski definition) is 0. The maximum atomic E-state index is 12.8. The molecule has 2 aromatic heterocycles. The zero-order valence-corrected chi connectivity index (χ0v) is 17.0. The summed E-state index contributed by atoms with van der Waals surface area (Å²) in [7, 11) is -3.31. The van der Waals surface area contributed by atoms with E-state index in [2.05, 4.69) is 15.1 Å². The quantitative estimate of drug-likeness (QED) is 0.591. The van der Waals surface area contributed by atoms with Crippen LogP contribution < -0.4 is 0 Å². The molecule has 7 nitrogen and oxygen atoms in total. The second kappa shape index (κ2) is 8.84. The van der Waals surface area contributed by atoms with E-state index in [4.69, 9.17) is 4.52 Å². The van der Waals surface area contributed by atoms with Crippen LogP contribution in [-0.2, 0) is 22.2 Å². The van der Waals surface area contributed by atoms with Crippen molar-refractivity contribution in [3.63, 3.8) is 0 Å². The highest BCUT2D eigenvalue weighted by Crippen LogP contribution is 2.25. The smallest absolute Gasteiger partial charge is 0.259 e. The van der Waals surface area contributed by atoms with Crippen molar-refractivity contribution in [2.75, 3.05) is 13.1 Å². The van der Waals surface area contributed by atoms with Gasteiger partial charge < -0.3 is 4.52 Å². The lowest BCUT2D eigenvalue weighted by Crippen LogP contribution is -2.40. The molecule has 0 aliphatic carbocycles. The van der Waals surface area contributed by atoms with Gasteiger partial charge in [-0.05, 0) is 42.9 Å². The normalized spacial score (nSPS) is 18.0. The fourth-order valence-corrected chi connectivity index (χ4v) is 5.33. The Kier molecular flexibility index (Phi) is 6.01. The van der Waals surface area contributed by atoms with Crippen LogP contribution in [-0.4, -0.2) is 40.9 Å². The summed E-state index contributed by atoms with van der Waals surface area (Å²) in [6, 6.07) is 13.0.